The predicted octanol–water partition coefficient (Wildman–Crippen LogP) is 2.75. The molecule has 0 unspecified atom stereocenters. The van der Waals surface area contributed by atoms with Gasteiger partial charge in [0.05, 0.1) is 5.97 Å². The minimum Gasteiger partial charge on any atom is -0.545 e. The van der Waals surface area contributed by atoms with Gasteiger partial charge in [-0.05, 0) is 29.3 Å². The molecule has 0 radical (unpaired) electrons. The molecule has 130 valence electrons. The minimum atomic E-state index is -1.31. The Kier molecular flexibility index (Phi) is 4.01. The summed E-state index contributed by atoms with van der Waals surface area (Å²) in [4.78, 5) is 37.0. The first-order valence-electron chi connectivity index (χ1n) is 8.37. The van der Waals surface area contributed by atoms with Crippen molar-refractivity contribution in [1.82, 2.24) is 0 Å². The molecule has 27 heavy (non-hydrogen) atoms. The number of hydrogen-bond acceptors (Lipinski definition) is 4. The second-order valence-electron chi connectivity index (χ2n) is 6.22. The first-order chi connectivity index (χ1) is 13.1. The van der Waals surface area contributed by atoms with E-state index in [0.717, 1.165) is 0 Å². The average molecular weight is 353 g/mol. The van der Waals surface area contributed by atoms with Gasteiger partial charge in [-0.2, -0.15) is 0 Å². The van der Waals surface area contributed by atoms with Crippen molar-refractivity contribution < 1.29 is 19.5 Å². The van der Waals surface area contributed by atoms with E-state index in [-0.39, 0.29) is 22.7 Å². The SMILES string of the molecule is O=C([O-])C(=Cc1ccc2c(c1)C(=O)c1ccccc1C2=O)c1ccccc1. The van der Waals surface area contributed by atoms with Crippen molar-refractivity contribution >= 4 is 29.2 Å². The van der Waals surface area contributed by atoms with Crippen molar-refractivity contribution in [2.24, 2.45) is 0 Å². The van der Waals surface area contributed by atoms with Crippen LogP contribution in [0.25, 0.3) is 11.6 Å². The number of benzene rings is 3. The molecule has 4 nitrogen and oxygen atoms in total. The molecule has 0 aromatic heterocycles. The molecular formula is C23H13O4-. The van der Waals surface area contributed by atoms with Crippen molar-refractivity contribution in [1.29, 1.82) is 0 Å². The van der Waals surface area contributed by atoms with Crippen molar-refractivity contribution in [2.45, 2.75) is 0 Å². The number of carbonyl (C=O) groups excluding carboxylic acids is 3. The number of fused-ring (bicyclic) bond motifs is 2. The molecule has 0 saturated carbocycles. The van der Waals surface area contributed by atoms with Crippen molar-refractivity contribution in [3.05, 3.63) is 106 Å². The van der Waals surface area contributed by atoms with Gasteiger partial charge in [-0.25, -0.2) is 0 Å². The number of aliphatic carboxylic acids is 1. The molecule has 0 saturated heterocycles. The Bertz CT molecular complexity index is 1120. The molecule has 3 aromatic carbocycles. The Morgan fingerprint density at radius 2 is 1.26 bits per heavy atom. The number of rotatable bonds is 3. The first-order valence-corrected chi connectivity index (χ1v) is 8.37. The van der Waals surface area contributed by atoms with E-state index in [4.69, 9.17) is 0 Å². The zero-order valence-electron chi connectivity index (χ0n) is 14.1. The van der Waals surface area contributed by atoms with Gasteiger partial charge in [-0.3, -0.25) is 9.59 Å². The van der Waals surface area contributed by atoms with Crippen LogP contribution in [0.5, 0.6) is 0 Å². The lowest BCUT2D eigenvalue weighted by molar-refractivity contribution is -0.295. The molecular weight excluding hydrogens is 340 g/mol. The molecule has 0 fully saturated rings. The van der Waals surface area contributed by atoms with Gasteiger partial charge in [-0.15, -0.1) is 0 Å². The van der Waals surface area contributed by atoms with Crippen LogP contribution in [0, 0.1) is 0 Å². The monoisotopic (exact) mass is 353 g/mol. The Morgan fingerprint density at radius 3 is 1.89 bits per heavy atom. The Labute approximate surface area is 155 Å². The smallest absolute Gasteiger partial charge is 0.194 e. The summed E-state index contributed by atoms with van der Waals surface area (Å²) in [5.74, 6) is -1.77. The summed E-state index contributed by atoms with van der Waals surface area (Å²) >= 11 is 0. The maximum atomic E-state index is 12.8. The fourth-order valence-corrected chi connectivity index (χ4v) is 3.25. The summed E-state index contributed by atoms with van der Waals surface area (Å²) in [7, 11) is 0. The lowest BCUT2D eigenvalue weighted by atomic mass is 9.83. The topological polar surface area (TPSA) is 74.3 Å². The summed E-state index contributed by atoms with van der Waals surface area (Å²) in [6.45, 7) is 0. The fourth-order valence-electron chi connectivity index (χ4n) is 3.25. The van der Waals surface area contributed by atoms with Crippen molar-refractivity contribution in [3.63, 3.8) is 0 Å². The molecule has 0 spiro atoms. The highest BCUT2D eigenvalue weighted by atomic mass is 16.4. The number of carboxylic acid groups (broad SMARTS) is 1. The molecule has 0 atom stereocenters. The van der Waals surface area contributed by atoms with Gasteiger partial charge in [0.25, 0.3) is 0 Å². The third-order valence-corrected chi connectivity index (χ3v) is 4.56. The standard InChI is InChI=1S/C23H14O4/c24-21-16-8-4-5-9-17(16)22(25)20-13-14(10-11-18(20)21)12-19(23(26)27)15-6-2-1-3-7-15/h1-13H,(H,26,27)/p-1. The Hall–Kier alpha value is -3.79. The fraction of sp³-hybridized carbons (Fsp3) is 0. The van der Waals surface area contributed by atoms with Crippen LogP contribution in [0.4, 0.5) is 0 Å². The summed E-state index contributed by atoms with van der Waals surface area (Å²) in [6, 6.07) is 20.0. The van der Waals surface area contributed by atoms with E-state index < -0.39 is 5.97 Å². The first kappa shape index (κ1) is 16.7. The van der Waals surface area contributed by atoms with Crippen molar-refractivity contribution in [3.8, 4) is 0 Å². The van der Waals surface area contributed by atoms with E-state index in [1.165, 1.54) is 6.08 Å². The van der Waals surface area contributed by atoms with E-state index in [2.05, 4.69) is 0 Å². The third kappa shape index (κ3) is 2.87. The molecule has 3 aromatic rings. The van der Waals surface area contributed by atoms with Crippen LogP contribution < -0.4 is 5.11 Å². The van der Waals surface area contributed by atoms with Gasteiger partial charge in [0.15, 0.2) is 11.6 Å². The van der Waals surface area contributed by atoms with Gasteiger partial charge in [0.2, 0.25) is 0 Å². The molecule has 0 N–H and O–H groups in total. The van der Waals surface area contributed by atoms with Crippen LogP contribution in [-0.2, 0) is 4.79 Å². The molecule has 0 amide bonds. The number of carboxylic acids is 1. The lowest BCUT2D eigenvalue weighted by Gasteiger charge is -2.18. The molecule has 4 rings (SSSR count). The van der Waals surface area contributed by atoms with Gasteiger partial charge < -0.3 is 9.90 Å². The van der Waals surface area contributed by atoms with E-state index in [0.29, 0.717) is 27.8 Å². The van der Waals surface area contributed by atoms with Gasteiger partial charge in [-0.1, -0.05) is 60.7 Å². The quantitative estimate of drug-likeness (QED) is 0.419. The maximum absolute atomic E-state index is 12.8. The lowest BCUT2D eigenvalue weighted by Crippen LogP contribution is -2.23. The normalized spacial score (nSPS) is 13.1. The van der Waals surface area contributed by atoms with Gasteiger partial charge in [0, 0.05) is 27.8 Å². The van der Waals surface area contributed by atoms with Gasteiger partial charge >= 0.3 is 0 Å². The maximum Gasteiger partial charge on any atom is 0.194 e. The third-order valence-electron chi connectivity index (χ3n) is 4.56. The second kappa shape index (κ2) is 6.50. The molecule has 1 aliphatic rings. The molecule has 4 heteroatoms. The summed E-state index contributed by atoms with van der Waals surface area (Å²) in [6.07, 6.45) is 1.45. The number of carbonyl (C=O) groups is 3. The zero-order valence-corrected chi connectivity index (χ0v) is 14.1. The van der Waals surface area contributed by atoms with Crippen LogP contribution in [0.2, 0.25) is 0 Å². The predicted molar refractivity (Wildman–Crippen MR) is 99.1 cm³/mol. The second-order valence-corrected chi connectivity index (χ2v) is 6.22. The van der Waals surface area contributed by atoms with Crippen LogP contribution >= 0.6 is 0 Å². The van der Waals surface area contributed by atoms with Gasteiger partial charge in [0.1, 0.15) is 0 Å². The highest BCUT2D eigenvalue weighted by Gasteiger charge is 2.29. The van der Waals surface area contributed by atoms with E-state index in [1.807, 2.05) is 0 Å². The molecule has 0 bridgehead atoms. The van der Waals surface area contributed by atoms with E-state index >= 15 is 0 Å². The number of hydrogen-bond donors (Lipinski definition) is 0. The average Bonchev–Trinajstić information content (AvgIpc) is 2.70. The number of ketones is 2. The summed E-state index contributed by atoms with van der Waals surface area (Å²) in [5, 5.41) is 11.6. The Morgan fingerprint density at radius 1 is 0.704 bits per heavy atom. The molecule has 0 aliphatic heterocycles. The molecule has 0 heterocycles. The highest BCUT2D eigenvalue weighted by molar-refractivity contribution is 6.28. The van der Waals surface area contributed by atoms with Crippen molar-refractivity contribution in [2.75, 3.05) is 0 Å². The van der Waals surface area contributed by atoms with E-state index in [9.17, 15) is 19.5 Å². The van der Waals surface area contributed by atoms with Crippen LogP contribution in [0.3, 0.4) is 0 Å². The summed E-state index contributed by atoms with van der Waals surface area (Å²) in [5.41, 5.74) is 2.37. The minimum absolute atomic E-state index is 0.00513. The Balaban J connectivity index is 1.83. The van der Waals surface area contributed by atoms with E-state index in [1.54, 1.807) is 72.8 Å². The van der Waals surface area contributed by atoms with Crippen LogP contribution in [0.15, 0.2) is 72.8 Å². The molecule has 1 aliphatic carbocycles. The highest BCUT2D eigenvalue weighted by Crippen LogP contribution is 2.29. The zero-order chi connectivity index (χ0) is 19.0. The summed E-state index contributed by atoms with van der Waals surface area (Å²) < 4.78 is 0. The van der Waals surface area contributed by atoms with Crippen LogP contribution in [-0.4, -0.2) is 17.5 Å². The largest absolute Gasteiger partial charge is 0.545 e. The van der Waals surface area contributed by atoms with Crippen LogP contribution in [0.1, 0.15) is 43.0 Å².